The number of nitrogens with one attached hydrogen (secondary N) is 2. The first-order chi connectivity index (χ1) is 13.4. The lowest BCUT2D eigenvalue weighted by Gasteiger charge is -2.19. The number of methoxy groups -OCH3 is 1. The van der Waals surface area contributed by atoms with Crippen molar-refractivity contribution in [3.63, 3.8) is 0 Å². The highest BCUT2D eigenvalue weighted by Crippen LogP contribution is 2.13. The van der Waals surface area contributed by atoms with Crippen LogP contribution in [-0.2, 0) is 16.1 Å². The van der Waals surface area contributed by atoms with Crippen LogP contribution in [0.3, 0.4) is 0 Å². The molecular weight excluding hydrogens is 485 g/mol. The molecule has 1 saturated heterocycles. The molecule has 29 heavy (non-hydrogen) atoms. The number of aliphatic imine (C=N–C) groups is 1. The fraction of sp³-hybridized carbons (Fsp3) is 0.550. The molecule has 162 valence electrons. The lowest BCUT2D eigenvalue weighted by Crippen LogP contribution is -2.47. The lowest BCUT2D eigenvalue weighted by molar-refractivity contribution is -0.130. The fourth-order valence-electron chi connectivity index (χ4n) is 2.89. The molecule has 9 heteroatoms. The molecule has 2 N–H and O–H groups in total. The summed E-state index contributed by atoms with van der Waals surface area (Å²) in [5.41, 5.74) is 1.04. The van der Waals surface area contributed by atoms with E-state index in [0.717, 1.165) is 24.3 Å². The Morgan fingerprint density at radius 2 is 1.97 bits per heavy atom. The van der Waals surface area contributed by atoms with Gasteiger partial charge in [-0.1, -0.05) is 19.1 Å². The molecule has 1 fully saturated rings. The van der Waals surface area contributed by atoms with Crippen LogP contribution in [0.25, 0.3) is 0 Å². The third-order valence-corrected chi connectivity index (χ3v) is 4.67. The highest BCUT2D eigenvalue weighted by molar-refractivity contribution is 14.0. The predicted molar refractivity (Wildman–Crippen MR) is 125 cm³/mol. The molecule has 0 saturated carbocycles. The van der Waals surface area contributed by atoms with Crippen molar-refractivity contribution in [3.05, 3.63) is 29.8 Å². The number of guanidine groups is 1. The van der Waals surface area contributed by atoms with E-state index in [9.17, 15) is 9.59 Å². The summed E-state index contributed by atoms with van der Waals surface area (Å²) in [6.45, 7) is 3.90. The number of carbonyl (C=O) groups is 2. The first-order valence-corrected chi connectivity index (χ1v) is 9.58. The summed E-state index contributed by atoms with van der Waals surface area (Å²) in [6, 6.07) is 7.83. The summed E-state index contributed by atoms with van der Waals surface area (Å²) >= 11 is 0. The first kappa shape index (κ1) is 25.0. The van der Waals surface area contributed by atoms with Crippen LogP contribution in [0.2, 0.25) is 0 Å². The maximum Gasteiger partial charge on any atom is 0.241 e. The zero-order valence-corrected chi connectivity index (χ0v) is 19.9. The molecule has 1 aromatic carbocycles. The van der Waals surface area contributed by atoms with E-state index in [2.05, 4.69) is 15.6 Å². The van der Waals surface area contributed by atoms with E-state index in [-0.39, 0.29) is 48.4 Å². The molecule has 1 atom stereocenters. The fourth-order valence-corrected chi connectivity index (χ4v) is 2.89. The van der Waals surface area contributed by atoms with E-state index >= 15 is 0 Å². The van der Waals surface area contributed by atoms with Crippen LogP contribution < -0.4 is 15.4 Å². The molecule has 1 heterocycles. The molecule has 0 bridgehead atoms. The Hall–Kier alpha value is -2.04. The predicted octanol–water partition coefficient (Wildman–Crippen LogP) is 1.45. The number of benzene rings is 1. The second-order valence-corrected chi connectivity index (χ2v) is 6.98. The van der Waals surface area contributed by atoms with Crippen molar-refractivity contribution >= 4 is 41.8 Å². The Morgan fingerprint density at radius 3 is 2.55 bits per heavy atom. The van der Waals surface area contributed by atoms with Crippen molar-refractivity contribution in [2.24, 2.45) is 4.99 Å². The minimum Gasteiger partial charge on any atom is -0.497 e. The van der Waals surface area contributed by atoms with E-state index in [0.29, 0.717) is 25.5 Å². The van der Waals surface area contributed by atoms with Gasteiger partial charge >= 0.3 is 0 Å². The first-order valence-electron chi connectivity index (χ1n) is 9.58. The van der Waals surface area contributed by atoms with Gasteiger partial charge in [-0.3, -0.25) is 9.59 Å². The van der Waals surface area contributed by atoms with Gasteiger partial charge in [0, 0.05) is 39.6 Å². The topological polar surface area (TPSA) is 86.3 Å². The summed E-state index contributed by atoms with van der Waals surface area (Å²) in [4.78, 5) is 31.8. The van der Waals surface area contributed by atoms with Crippen molar-refractivity contribution in [1.82, 2.24) is 20.4 Å². The number of halogens is 1. The molecule has 1 unspecified atom stereocenters. The zero-order valence-electron chi connectivity index (χ0n) is 17.6. The summed E-state index contributed by atoms with van der Waals surface area (Å²) < 4.78 is 5.17. The molecule has 0 spiro atoms. The van der Waals surface area contributed by atoms with Gasteiger partial charge < -0.3 is 25.2 Å². The van der Waals surface area contributed by atoms with Crippen molar-refractivity contribution in [1.29, 1.82) is 0 Å². The van der Waals surface area contributed by atoms with Gasteiger partial charge in [-0.15, -0.1) is 24.0 Å². The van der Waals surface area contributed by atoms with E-state index in [1.165, 1.54) is 4.90 Å². The largest absolute Gasteiger partial charge is 0.497 e. The highest BCUT2D eigenvalue weighted by atomic mass is 127. The third kappa shape index (κ3) is 8.08. The number of ether oxygens (including phenoxy) is 1. The van der Waals surface area contributed by atoms with Crippen LogP contribution in [0, 0.1) is 0 Å². The molecular formula is C20H32IN5O3. The second-order valence-electron chi connectivity index (χ2n) is 6.98. The van der Waals surface area contributed by atoms with E-state index in [4.69, 9.17) is 4.74 Å². The van der Waals surface area contributed by atoms with Gasteiger partial charge in [0.2, 0.25) is 11.8 Å². The number of likely N-dealkylation sites (N-methyl/N-ethyl adjacent to an activating group) is 1. The number of carbonyl (C=O) groups excluding carboxylic acids is 2. The van der Waals surface area contributed by atoms with Gasteiger partial charge in [-0.05, 0) is 24.1 Å². The van der Waals surface area contributed by atoms with E-state index < -0.39 is 0 Å². The van der Waals surface area contributed by atoms with Gasteiger partial charge in [0.25, 0.3) is 0 Å². The summed E-state index contributed by atoms with van der Waals surface area (Å²) in [5, 5.41) is 6.46. The normalized spacial score (nSPS) is 16.1. The number of rotatable bonds is 7. The maximum absolute atomic E-state index is 11.9. The molecule has 1 aromatic rings. The monoisotopic (exact) mass is 517 g/mol. The summed E-state index contributed by atoms with van der Waals surface area (Å²) in [6.07, 6.45) is 1.37. The van der Waals surface area contributed by atoms with Crippen LogP contribution in [-0.4, -0.2) is 74.5 Å². The SMILES string of the molecule is CCC(=O)N1CCC(NC(=NCc2ccc(OC)cc2)NCC(=O)N(C)C)C1.I. The Morgan fingerprint density at radius 1 is 1.28 bits per heavy atom. The maximum atomic E-state index is 11.9. The average molecular weight is 517 g/mol. The van der Waals surface area contributed by atoms with E-state index in [1.54, 1.807) is 21.2 Å². The molecule has 2 rings (SSSR count). The van der Waals surface area contributed by atoms with Crippen LogP contribution in [0.5, 0.6) is 5.75 Å². The zero-order chi connectivity index (χ0) is 20.5. The van der Waals surface area contributed by atoms with Crippen LogP contribution in [0.4, 0.5) is 0 Å². The van der Waals surface area contributed by atoms with Gasteiger partial charge in [-0.25, -0.2) is 4.99 Å². The smallest absolute Gasteiger partial charge is 0.241 e. The van der Waals surface area contributed by atoms with Crippen molar-refractivity contribution in [2.45, 2.75) is 32.4 Å². The minimum absolute atomic E-state index is 0. The van der Waals surface area contributed by atoms with Gasteiger partial charge in [-0.2, -0.15) is 0 Å². The Kier molecular flexibility index (Phi) is 10.8. The molecule has 0 aromatic heterocycles. The molecule has 2 amide bonds. The third-order valence-electron chi connectivity index (χ3n) is 4.67. The molecule has 0 aliphatic carbocycles. The number of hydrogen-bond acceptors (Lipinski definition) is 4. The van der Waals surface area contributed by atoms with Crippen LogP contribution in [0.15, 0.2) is 29.3 Å². The lowest BCUT2D eigenvalue weighted by atomic mass is 10.2. The minimum atomic E-state index is -0.0341. The number of hydrogen-bond donors (Lipinski definition) is 2. The number of nitrogens with zero attached hydrogens (tertiary/aromatic N) is 3. The van der Waals surface area contributed by atoms with Crippen molar-refractivity contribution in [3.8, 4) is 5.75 Å². The molecule has 8 nitrogen and oxygen atoms in total. The van der Waals surface area contributed by atoms with Crippen molar-refractivity contribution in [2.75, 3.05) is 40.8 Å². The summed E-state index contributed by atoms with van der Waals surface area (Å²) in [5.74, 6) is 1.50. The standard InChI is InChI=1S/C20H31N5O3.HI/c1-5-18(26)25-11-10-16(14-25)23-20(22-13-19(27)24(2)3)21-12-15-6-8-17(28-4)9-7-15;/h6-9,16H,5,10-14H2,1-4H3,(H2,21,22,23);1H. The van der Waals surface area contributed by atoms with Gasteiger partial charge in [0.05, 0.1) is 20.2 Å². The van der Waals surface area contributed by atoms with Gasteiger partial charge in [0.15, 0.2) is 5.96 Å². The highest BCUT2D eigenvalue weighted by Gasteiger charge is 2.26. The Labute approximate surface area is 190 Å². The van der Waals surface area contributed by atoms with Crippen LogP contribution in [0.1, 0.15) is 25.3 Å². The number of likely N-dealkylation sites (tertiary alicyclic amines) is 1. The number of amides is 2. The molecule has 1 aliphatic heterocycles. The van der Waals surface area contributed by atoms with Crippen molar-refractivity contribution < 1.29 is 14.3 Å². The second kappa shape index (κ2) is 12.5. The van der Waals surface area contributed by atoms with Crippen LogP contribution >= 0.6 is 24.0 Å². The summed E-state index contributed by atoms with van der Waals surface area (Å²) in [7, 11) is 5.07. The Bertz CT molecular complexity index is 694. The average Bonchev–Trinajstić information content (AvgIpc) is 3.17. The molecule has 1 aliphatic rings. The quantitative estimate of drug-likeness (QED) is 0.325. The molecule has 0 radical (unpaired) electrons. The Balaban J connectivity index is 0.00000420. The van der Waals surface area contributed by atoms with Gasteiger partial charge in [0.1, 0.15) is 5.75 Å². The van der Waals surface area contributed by atoms with E-state index in [1.807, 2.05) is 36.1 Å².